The molecule has 1 saturated heterocycles. The van der Waals surface area contributed by atoms with Crippen LogP contribution >= 0.6 is 0 Å². The molecule has 0 bridgehead atoms. The minimum absolute atomic E-state index is 0.235. The Labute approximate surface area is 197 Å². The molecule has 180 valence electrons. The van der Waals surface area contributed by atoms with Gasteiger partial charge in [0.05, 0.1) is 19.3 Å². The molecule has 4 rings (SSSR count). The molecule has 8 nitrogen and oxygen atoms in total. The van der Waals surface area contributed by atoms with Crippen LogP contribution in [-0.4, -0.2) is 58.9 Å². The fourth-order valence-electron chi connectivity index (χ4n) is 4.38. The van der Waals surface area contributed by atoms with Crippen LogP contribution in [0, 0.1) is 12.7 Å². The Morgan fingerprint density at radius 2 is 1.88 bits per heavy atom. The summed E-state index contributed by atoms with van der Waals surface area (Å²) in [6.07, 6.45) is 5.73. The average Bonchev–Trinajstić information content (AvgIpc) is 2.85. The summed E-state index contributed by atoms with van der Waals surface area (Å²) in [4.78, 5) is 34.2. The number of anilines is 1. The summed E-state index contributed by atoms with van der Waals surface area (Å²) in [6.45, 7) is 6.55. The number of hydrogen-bond donors (Lipinski definition) is 0. The lowest BCUT2D eigenvalue weighted by Gasteiger charge is -2.36. The Kier molecular flexibility index (Phi) is 7.42. The van der Waals surface area contributed by atoms with Crippen molar-refractivity contribution in [3.8, 4) is 5.75 Å². The fourth-order valence-corrected chi connectivity index (χ4v) is 4.38. The van der Waals surface area contributed by atoms with Crippen molar-refractivity contribution < 1.29 is 9.13 Å². The molecule has 1 aromatic carbocycles. The fraction of sp³-hybridized carbons (Fsp3) is 0.400. The van der Waals surface area contributed by atoms with Crippen LogP contribution in [0.15, 0.2) is 58.5 Å². The smallest absolute Gasteiger partial charge is 0.331 e. The molecule has 0 aliphatic carbocycles. The molecule has 1 aliphatic rings. The highest BCUT2D eigenvalue weighted by Gasteiger charge is 2.20. The number of hydrogen-bond acceptors (Lipinski definition) is 6. The van der Waals surface area contributed by atoms with E-state index < -0.39 is 0 Å². The maximum absolute atomic E-state index is 13.5. The molecule has 34 heavy (non-hydrogen) atoms. The van der Waals surface area contributed by atoms with E-state index in [1.165, 1.54) is 16.7 Å². The van der Waals surface area contributed by atoms with Crippen LogP contribution < -0.4 is 20.9 Å². The third-order valence-electron chi connectivity index (χ3n) is 6.20. The van der Waals surface area contributed by atoms with Gasteiger partial charge in [0, 0.05) is 62.9 Å². The minimum atomic E-state index is -0.315. The molecule has 0 radical (unpaired) electrons. The number of halogens is 1. The maximum Gasteiger partial charge on any atom is 0.331 e. The van der Waals surface area contributed by atoms with E-state index in [2.05, 4.69) is 14.8 Å². The van der Waals surface area contributed by atoms with E-state index in [9.17, 15) is 14.0 Å². The van der Waals surface area contributed by atoms with Crippen LogP contribution in [0.25, 0.3) is 0 Å². The normalized spacial score (nSPS) is 14.4. The van der Waals surface area contributed by atoms with E-state index >= 15 is 0 Å². The molecule has 0 unspecified atom stereocenters. The molecule has 2 aromatic heterocycles. The van der Waals surface area contributed by atoms with Gasteiger partial charge in [-0.3, -0.25) is 23.8 Å². The molecule has 1 aliphatic heterocycles. The summed E-state index contributed by atoms with van der Waals surface area (Å²) in [5, 5.41) is 0. The van der Waals surface area contributed by atoms with E-state index in [-0.39, 0.29) is 17.1 Å². The highest BCUT2D eigenvalue weighted by atomic mass is 19.1. The Hall–Kier alpha value is -3.46. The highest BCUT2D eigenvalue weighted by molar-refractivity contribution is 5.59. The van der Waals surface area contributed by atoms with Gasteiger partial charge in [0.2, 0.25) is 0 Å². The topological polar surface area (TPSA) is 72.6 Å². The lowest BCUT2D eigenvalue weighted by molar-refractivity contribution is 0.248. The van der Waals surface area contributed by atoms with Crippen molar-refractivity contribution >= 4 is 5.69 Å². The van der Waals surface area contributed by atoms with Gasteiger partial charge in [0.15, 0.2) is 0 Å². The molecule has 0 spiro atoms. The second-order valence-corrected chi connectivity index (χ2v) is 8.54. The van der Waals surface area contributed by atoms with Gasteiger partial charge >= 0.3 is 5.69 Å². The molecule has 0 amide bonds. The summed E-state index contributed by atoms with van der Waals surface area (Å²) in [5.74, 6) is 0.222. The van der Waals surface area contributed by atoms with E-state index in [1.54, 1.807) is 43.3 Å². The Bertz CT molecular complexity index is 1230. The maximum atomic E-state index is 13.5. The van der Waals surface area contributed by atoms with Gasteiger partial charge < -0.3 is 9.64 Å². The number of aromatic nitrogens is 3. The first-order valence-electron chi connectivity index (χ1n) is 11.5. The van der Waals surface area contributed by atoms with Gasteiger partial charge in [-0.2, -0.15) is 0 Å². The van der Waals surface area contributed by atoms with Crippen molar-refractivity contribution in [1.82, 2.24) is 19.0 Å². The SMILES string of the molecule is COc1cc(F)ccc1N1CCN(CCCn2c(=O)c(C)cn(Cc3cccnc3)c2=O)CC1. The molecule has 9 heteroatoms. The average molecular weight is 468 g/mol. The van der Waals surface area contributed by atoms with Crippen molar-refractivity contribution in [2.75, 3.05) is 44.7 Å². The van der Waals surface area contributed by atoms with Gasteiger partial charge in [0.1, 0.15) is 11.6 Å². The summed E-state index contributed by atoms with van der Waals surface area (Å²) in [6, 6.07) is 8.35. The first-order valence-corrected chi connectivity index (χ1v) is 11.5. The number of piperazine rings is 1. The summed E-state index contributed by atoms with van der Waals surface area (Å²) in [5.41, 5.74) is 1.81. The van der Waals surface area contributed by atoms with Crippen LogP contribution in [0.5, 0.6) is 5.75 Å². The van der Waals surface area contributed by atoms with Crippen LogP contribution in [0.1, 0.15) is 17.5 Å². The van der Waals surface area contributed by atoms with Crippen molar-refractivity contribution in [1.29, 1.82) is 0 Å². The molecular formula is C25H30FN5O3. The van der Waals surface area contributed by atoms with Crippen LogP contribution in [0.3, 0.4) is 0 Å². The number of pyridine rings is 1. The first kappa shape index (κ1) is 23.7. The number of benzene rings is 1. The highest BCUT2D eigenvalue weighted by Crippen LogP contribution is 2.29. The van der Waals surface area contributed by atoms with Crippen LogP contribution in [0.2, 0.25) is 0 Å². The third-order valence-corrected chi connectivity index (χ3v) is 6.20. The zero-order chi connectivity index (χ0) is 24.1. The quantitative estimate of drug-likeness (QED) is 0.506. The van der Waals surface area contributed by atoms with E-state index in [4.69, 9.17) is 4.74 Å². The number of nitrogens with zero attached hydrogens (tertiary/aromatic N) is 5. The summed E-state index contributed by atoms with van der Waals surface area (Å²) >= 11 is 0. The third kappa shape index (κ3) is 5.36. The second kappa shape index (κ2) is 10.6. The van der Waals surface area contributed by atoms with E-state index in [0.29, 0.717) is 30.8 Å². The van der Waals surface area contributed by atoms with Crippen LogP contribution in [0.4, 0.5) is 10.1 Å². The predicted octanol–water partition coefficient (Wildman–Crippen LogP) is 2.12. The van der Waals surface area contributed by atoms with Gasteiger partial charge in [0.25, 0.3) is 5.56 Å². The molecule has 3 aromatic rings. The van der Waals surface area contributed by atoms with E-state index in [1.807, 2.05) is 12.1 Å². The van der Waals surface area contributed by atoms with E-state index in [0.717, 1.165) is 44.0 Å². The van der Waals surface area contributed by atoms with Gasteiger partial charge in [-0.1, -0.05) is 6.07 Å². The molecule has 3 heterocycles. The van der Waals surface area contributed by atoms with Gasteiger partial charge in [-0.25, -0.2) is 9.18 Å². The Morgan fingerprint density at radius 1 is 1.09 bits per heavy atom. The Balaban J connectivity index is 1.35. The first-order chi connectivity index (χ1) is 16.5. The van der Waals surface area contributed by atoms with Crippen molar-refractivity contribution in [2.24, 2.45) is 0 Å². The molecule has 0 N–H and O–H groups in total. The number of methoxy groups -OCH3 is 1. The largest absolute Gasteiger partial charge is 0.494 e. The number of aryl methyl sites for hydroxylation is 1. The molecule has 0 atom stereocenters. The molecule has 0 saturated carbocycles. The van der Waals surface area contributed by atoms with Crippen LogP contribution in [-0.2, 0) is 13.1 Å². The summed E-state index contributed by atoms with van der Waals surface area (Å²) in [7, 11) is 1.55. The molecular weight excluding hydrogens is 437 g/mol. The zero-order valence-corrected chi connectivity index (χ0v) is 19.6. The van der Waals surface area contributed by atoms with Crippen molar-refractivity contribution in [2.45, 2.75) is 26.4 Å². The van der Waals surface area contributed by atoms with Crippen molar-refractivity contribution in [3.05, 3.63) is 86.7 Å². The summed E-state index contributed by atoms with van der Waals surface area (Å²) < 4.78 is 21.7. The molecule has 1 fully saturated rings. The van der Waals surface area contributed by atoms with Crippen molar-refractivity contribution in [3.63, 3.8) is 0 Å². The lowest BCUT2D eigenvalue weighted by atomic mass is 10.2. The second-order valence-electron chi connectivity index (χ2n) is 8.54. The number of rotatable bonds is 8. The van der Waals surface area contributed by atoms with Gasteiger partial charge in [-0.05, 0) is 43.7 Å². The lowest BCUT2D eigenvalue weighted by Crippen LogP contribution is -2.47. The Morgan fingerprint density at radius 3 is 2.59 bits per heavy atom. The monoisotopic (exact) mass is 467 g/mol. The minimum Gasteiger partial charge on any atom is -0.494 e. The standard InChI is InChI=1S/C25H30FN5O3/c1-19-17-30(18-20-5-3-8-27-16-20)25(33)31(24(19)32)10-4-9-28-11-13-29(14-12-28)22-7-6-21(26)15-23(22)34-2/h3,5-8,15-17H,4,9-14,18H2,1-2H3. The predicted molar refractivity (Wildman–Crippen MR) is 129 cm³/mol. The van der Waals surface area contributed by atoms with Gasteiger partial charge in [-0.15, -0.1) is 0 Å². The number of ether oxygens (including phenoxy) is 1. The zero-order valence-electron chi connectivity index (χ0n) is 19.6.